The number of allylic oxidation sites excluding steroid dienone is 1. The van der Waals surface area contributed by atoms with Crippen molar-refractivity contribution in [1.29, 1.82) is 0 Å². The minimum Gasteiger partial charge on any atom is -0.311 e. The Morgan fingerprint density at radius 1 is 1.64 bits per heavy atom. The van der Waals surface area contributed by atoms with E-state index in [-0.39, 0.29) is 0 Å². The molecule has 0 saturated heterocycles. The summed E-state index contributed by atoms with van der Waals surface area (Å²) in [7, 11) is 2.70. The summed E-state index contributed by atoms with van der Waals surface area (Å²) in [5.41, 5.74) is 1.28. The Morgan fingerprint density at radius 2 is 2.55 bits per heavy atom. The molecule has 3 heteroatoms. The number of hydrogen-bond donors (Lipinski definition) is 1. The van der Waals surface area contributed by atoms with Crippen LogP contribution in [0, 0.1) is 0 Å². The SMILES string of the molecule is PCCNCC1=NC=CCC1. The maximum atomic E-state index is 4.27. The predicted octanol–water partition coefficient (Wildman–Crippen LogP) is 1.20. The van der Waals surface area contributed by atoms with Crippen LogP contribution in [0.1, 0.15) is 12.8 Å². The van der Waals surface area contributed by atoms with Gasteiger partial charge in [0.25, 0.3) is 0 Å². The summed E-state index contributed by atoms with van der Waals surface area (Å²) in [6, 6.07) is 0. The second-order valence-electron chi connectivity index (χ2n) is 2.58. The third-order valence-electron chi connectivity index (χ3n) is 1.61. The number of hydrogen-bond acceptors (Lipinski definition) is 2. The molecular formula is C8H15N2P. The highest BCUT2D eigenvalue weighted by molar-refractivity contribution is 7.16. The van der Waals surface area contributed by atoms with Crippen LogP contribution in [0.25, 0.3) is 0 Å². The summed E-state index contributed by atoms with van der Waals surface area (Å²) in [6.45, 7) is 2.02. The van der Waals surface area contributed by atoms with Crippen LogP contribution in [0.5, 0.6) is 0 Å². The monoisotopic (exact) mass is 170 g/mol. The predicted molar refractivity (Wildman–Crippen MR) is 53.3 cm³/mol. The molecule has 0 radical (unpaired) electrons. The van der Waals surface area contributed by atoms with Gasteiger partial charge in [-0.1, -0.05) is 6.08 Å². The summed E-state index contributed by atoms with van der Waals surface area (Å²) in [6.07, 6.45) is 7.41. The molecule has 0 aromatic heterocycles. The van der Waals surface area contributed by atoms with Gasteiger partial charge >= 0.3 is 0 Å². The molecule has 62 valence electrons. The van der Waals surface area contributed by atoms with Gasteiger partial charge < -0.3 is 5.32 Å². The normalized spacial score (nSPS) is 16.6. The second kappa shape index (κ2) is 5.45. The summed E-state index contributed by atoms with van der Waals surface area (Å²) < 4.78 is 0. The molecule has 1 atom stereocenters. The summed E-state index contributed by atoms with van der Waals surface area (Å²) in [4.78, 5) is 4.27. The van der Waals surface area contributed by atoms with E-state index in [0.717, 1.165) is 32.1 Å². The standard InChI is InChI=1S/C8H15N2P/c11-6-5-9-7-8-3-1-2-4-10-8/h2,4,9H,1,3,5-7,11H2. The molecule has 1 rings (SSSR count). The molecule has 11 heavy (non-hydrogen) atoms. The van der Waals surface area contributed by atoms with Crippen molar-refractivity contribution >= 4 is 15.0 Å². The molecule has 1 aliphatic heterocycles. The van der Waals surface area contributed by atoms with Crippen molar-refractivity contribution in [2.45, 2.75) is 12.8 Å². The van der Waals surface area contributed by atoms with Crippen molar-refractivity contribution in [3.8, 4) is 0 Å². The van der Waals surface area contributed by atoms with Gasteiger partial charge in [-0.3, -0.25) is 4.99 Å². The largest absolute Gasteiger partial charge is 0.311 e. The number of aliphatic imine (C=N–C) groups is 1. The maximum Gasteiger partial charge on any atom is 0.0340 e. The summed E-state index contributed by atoms with van der Waals surface area (Å²) >= 11 is 0. The third-order valence-corrected chi connectivity index (χ3v) is 1.90. The Kier molecular flexibility index (Phi) is 4.41. The van der Waals surface area contributed by atoms with E-state index in [2.05, 4.69) is 25.6 Å². The maximum absolute atomic E-state index is 4.27. The number of rotatable bonds is 4. The molecule has 0 amide bonds. The van der Waals surface area contributed by atoms with Gasteiger partial charge in [0.2, 0.25) is 0 Å². The lowest BCUT2D eigenvalue weighted by Crippen LogP contribution is -2.24. The highest BCUT2D eigenvalue weighted by Gasteiger charge is 1.99. The highest BCUT2D eigenvalue weighted by atomic mass is 31.0. The zero-order valence-corrected chi connectivity index (χ0v) is 7.87. The number of nitrogens with one attached hydrogen (secondary N) is 1. The lowest BCUT2D eigenvalue weighted by molar-refractivity contribution is 0.809. The van der Waals surface area contributed by atoms with Gasteiger partial charge in [-0.05, 0) is 25.5 Å². The van der Waals surface area contributed by atoms with E-state index >= 15 is 0 Å². The van der Waals surface area contributed by atoms with Crippen LogP contribution in [0.15, 0.2) is 17.3 Å². The van der Waals surface area contributed by atoms with E-state index in [0.29, 0.717) is 0 Å². The van der Waals surface area contributed by atoms with E-state index in [4.69, 9.17) is 0 Å². The summed E-state index contributed by atoms with van der Waals surface area (Å²) in [5.74, 6) is 0. The average Bonchev–Trinajstić information content (AvgIpc) is 2.07. The van der Waals surface area contributed by atoms with E-state index < -0.39 is 0 Å². The van der Waals surface area contributed by atoms with Crippen LogP contribution in [-0.2, 0) is 0 Å². The average molecular weight is 170 g/mol. The first-order chi connectivity index (χ1) is 5.43. The third kappa shape index (κ3) is 3.64. The number of nitrogens with zero attached hydrogens (tertiary/aromatic N) is 1. The van der Waals surface area contributed by atoms with Crippen LogP contribution < -0.4 is 5.32 Å². The molecule has 2 nitrogen and oxygen atoms in total. The van der Waals surface area contributed by atoms with E-state index in [1.54, 1.807) is 0 Å². The van der Waals surface area contributed by atoms with Gasteiger partial charge in [-0.15, -0.1) is 9.24 Å². The van der Waals surface area contributed by atoms with Gasteiger partial charge in [0.1, 0.15) is 0 Å². The highest BCUT2D eigenvalue weighted by Crippen LogP contribution is 2.01. The van der Waals surface area contributed by atoms with Crippen molar-refractivity contribution in [1.82, 2.24) is 5.32 Å². The Balaban J connectivity index is 2.15. The van der Waals surface area contributed by atoms with Crippen molar-refractivity contribution in [2.24, 2.45) is 4.99 Å². The fourth-order valence-electron chi connectivity index (χ4n) is 1.02. The second-order valence-corrected chi connectivity index (χ2v) is 3.16. The van der Waals surface area contributed by atoms with Crippen LogP contribution in [0.3, 0.4) is 0 Å². The minimum absolute atomic E-state index is 0.957. The topological polar surface area (TPSA) is 24.4 Å². The zero-order chi connectivity index (χ0) is 7.94. The lowest BCUT2D eigenvalue weighted by atomic mass is 10.2. The summed E-state index contributed by atoms with van der Waals surface area (Å²) in [5, 5.41) is 3.32. The Bertz CT molecular complexity index is 163. The molecule has 0 spiro atoms. The van der Waals surface area contributed by atoms with E-state index in [1.807, 2.05) is 6.20 Å². The molecule has 1 unspecified atom stereocenters. The van der Waals surface area contributed by atoms with E-state index in [1.165, 1.54) is 5.71 Å². The van der Waals surface area contributed by atoms with Crippen molar-refractivity contribution in [3.63, 3.8) is 0 Å². The molecule has 0 aromatic rings. The Morgan fingerprint density at radius 3 is 3.18 bits per heavy atom. The van der Waals surface area contributed by atoms with Crippen LogP contribution >= 0.6 is 9.24 Å². The fraction of sp³-hybridized carbons (Fsp3) is 0.625. The molecule has 1 heterocycles. The molecule has 1 N–H and O–H groups in total. The Hall–Kier alpha value is -0.200. The molecule has 0 fully saturated rings. The zero-order valence-electron chi connectivity index (χ0n) is 6.71. The molecule has 0 aliphatic carbocycles. The first-order valence-corrected chi connectivity index (χ1v) is 4.86. The minimum atomic E-state index is 0.957. The van der Waals surface area contributed by atoms with Crippen LogP contribution in [0.4, 0.5) is 0 Å². The lowest BCUT2D eigenvalue weighted by Gasteiger charge is -2.07. The molecule has 0 saturated carbocycles. The molecular weight excluding hydrogens is 155 g/mol. The van der Waals surface area contributed by atoms with Gasteiger partial charge in [0.15, 0.2) is 0 Å². The smallest absolute Gasteiger partial charge is 0.0340 e. The van der Waals surface area contributed by atoms with Gasteiger partial charge in [-0.2, -0.15) is 0 Å². The van der Waals surface area contributed by atoms with Crippen molar-refractivity contribution in [3.05, 3.63) is 12.3 Å². The van der Waals surface area contributed by atoms with Gasteiger partial charge in [-0.25, -0.2) is 0 Å². The van der Waals surface area contributed by atoms with Gasteiger partial charge in [0.05, 0.1) is 0 Å². The van der Waals surface area contributed by atoms with Crippen molar-refractivity contribution < 1.29 is 0 Å². The first kappa shape index (κ1) is 8.89. The molecule has 1 aliphatic rings. The quantitative estimate of drug-likeness (QED) is 0.497. The Labute approximate surface area is 70.4 Å². The fourth-order valence-corrected chi connectivity index (χ4v) is 1.22. The van der Waals surface area contributed by atoms with Crippen molar-refractivity contribution in [2.75, 3.05) is 19.3 Å². The van der Waals surface area contributed by atoms with Gasteiger partial charge in [0, 0.05) is 18.5 Å². The van der Waals surface area contributed by atoms with Crippen LogP contribution in [-0.4, -0.2) is 25.0 Å². The molecule has 0 bridgehead atoms. The van der Waals surface area contributed by atoms with Crippen LogP contribution in [0.2, 0.25) is 0 Å². The first-order valence-electron chi connectivity index (χ1n) is 4.05. The molecule has 0 aromatic carbocycles. The van der Waals surface area contributed by atoms with E-state index in [9.17, 15) is 0 Å².